The molecule has 0 spiro atoms. The first-order valence-corrected chi connectivity index (χ1v) is 9.29. The van der Waals surface area contributed by atoms with Crippen molar-refractivity contribution in [3.05, 3.63) is 0 Å². The topological polar surface area (TPSA) is 42.5 Å². The molecule has 0 aromatic heterocycles. The van der Waals surface area contributed by atoms with Crippen molar-refractivity contribution in [2.24, 2.45) is 11.8 Å². The molecule has 0 aliphatic carbocycles. The van der Waals surface area contributed by atoms with Crippen LogP contribution in [-0.4, -0.2) is 25.5 Å². The number of rotatable bonds is 14. The molecule has 4 nitrogen and oxygen atoms in total. The SMILES string of the molecule is CCCNC([O][Ni][O]C(NCCC)C(C)CC)C(C)CC. The Kier molecular flexibility index (Phi) is 14.2. The summed E-state index contributed by atoms with van der Waals surface area (Å²) in [6.45, 7) is 15.1. The molecule has 0 aliphatic rings. The molecule has 4 atom stereocenters. The molecule has 0 rings (SSSR count). The minimum absolute atomic E-state index is 0.0544. The molecule has 132 valence electrons. The second-order valence-electron chi connectivity index (χ2n) is 5.72. The monoisotopic (exact) mass is 346 g/mol. The van der Waals surface area contributed by atoms with Crippen LogP contribution in [0.15, 0.2) is 0 Å². The third-order valence-electron chi connectivity index (χ3n) is 3.73. The van der Waals surface area contributed by atoms with Gasteiger partial charge >= 0.3 is 138 Å². The summed E-state index contributed by atoms with van der Waals surface area (Å²) in [5.41, 5.74) is 0. The Morgan fingerprint density at radius 1 is 0.762 bits per heavy atom. The Morgan fingerprint density at radius 2 is 1.14 bits per heavy atom. The van der Waals surface area contributed by atoms with E-state index in [-0.39, 0.29) is 12.5 Å². The van der Waals surface area contributed by atoms with Gasteiger partial charge in [-0.25, -0.2) is 0 Å². The maximum atomic E-state index is 5.87. The number of hydrogen-bond acceptors (Lipinski definition) is 4. The van der Waals surface area contributed by atoms with Gasteiger partial charge in [0, 0.05) is 0 Å². The molecule has 4 unspecified atom stereocenters. The Morgan fingerprint density at radius 3 is 1.43 bits per heavy atom. The predicted molar refractivity (Wildman–Crippen MR) is 85.2 cm³/mol. The van der Waals surface area contributed by atoms with E-state index >= 15 is 0 Å². The summed E-state index contributed by atoms with van der Waals surface area (Å²) >= 11 is 0.936. The van der Waals surface area contributed by atoms with E-state index in [1.165, 1.54) is 0 Å². The average molecular weight is 347 g/mol. The second kappa shape index (κ2) is 14.0. The van der Waals surface area contributed by atoms with Gasteiger partial charge in [-0.15, -0.1) is 0 Å². The summed E-state index contributed by atoms with van der Waals surface area (Å²) in [6.07, 6.45) is 4.51. The molecule has 0 saturated carbocycles. The van der Waals surface area contributed by atoms with E-state index in [0.717, 1.165) is 53.9 Å². The van der Waals surface area contributed by atoms with Gasteiger partial charge < -0.3 is 0 Å². The van der Waals surface area contributed by atoms with Crippen LogP contribution in [0.4, 0.5) is 0 Å². The molecule has 0 fully saturated rings. The Hall–Kier alpha value is 0.334. The van der Waals surface area contributed by atoms with Gasteiger partial charge in [0.1, 0.15) is 0 Å². The first-order valence-electron chi connectivity index (χ1n) is 8.48. The fourth-order valence-corrected chi connectivity index (χ4v) is 2.57. The van der Waals surface area contributed by atoms with Crippen molar-refractivity contribution in [1.82, 2.24) is 10.6 Å². The zero-order valence-corrected chi connectivity index (χ0v) is 15.7. The van der Waals surface area contributed by atoms with E-state index < -0.39 is 0 Å². The van der Waals surface area contributed by atoms with Gasteiger partial charge in [-0.2, -0.15) is 0 Å². The normalized spacial score (nSPS) is 17.6. The van der Waals surface area contributed by atoms with Gasteiger partial charge in [-0.1, -0.05) is 0 Å². The van der Waals surface area contributed by atoms with Gasteiger partial charge in [0.2, 0.25) is 0 Å². The van der Waals surface area contributed by atoms with Gasteiger partial charge in [-0.3, -0.25) is 0 Å². The molecule has 21 heavy (non-hydrogen) atoms. The van der Waals surface area contributed by atoms with Crippen molar-refractivity contribution in [1.29, 1.82) is 0 Å². The Balaban J connectivity index is 4.21. The van der Waals surface area contributed by atoms with Gasteiger partial charge in [0.15, 0.2) is 0 Å². The second-order valence-corrected chi connectivity index (χ2v) is 6.35. The van der Waals surface area contributed by atoms with Crippen LogP contribution in [0, 0.1) is 11.8 Å². The third kappa shape index (κ3) is 9.86. The van der Waals surface area contributed by atoms with Crippen LogP contribution in [0.25, 0.3) is 0 Å². The molecule has 0 aliphatic heterocycles. The average Bonchev–Trinajstić information content (AvgIpc) is 2.51. The summed E-state index contributed by atoms with van der Waals surface area (Å²) in [4.78, 5) is 0. The molecule has 0 saturated heterocycles. The van der Waals surface area contributed by atoms with Crippen LogP contribution in [0.3, 0.4) is 0 Å². The van der Waals surface area contributed by atoms with E-state index in [1.807, 2.05) is 0 Å². The van der Waals surface area contributed by atoms with Crippen molar-refractivity contribution < 1.29 is 22.8 Å². The van der Waals surface area contributed by atoms with Gasteiger partial charge in [0.05, 0.1) is 0 Å². The summed E-state index contributed by atoms with van der Waals surface area (Å²) in [5.74, 6) is 0.952. The van der Waals surface area contributed by atoms with E-state index in [9.17, 15) is 0 Å². The number of hydrogen-bond donors (Lipinski definition) is 2. The molecular formula is C16H36N2NiO2. The number of nitrogens with one attached hydrogen (secondary N) is 2. The standard InChI is InChI=1S/2C8H18NO.Ni/c2*1-4-6-9-8(10)7(3)5-2;/h2*7-9H,4-6H2,1-3H3;/q2*-1;+2. The van der Waals surface area contributed by atoms with Crippen molar-refractivity contribution >= 4 is 0 Å². The van der Waals surface area contributed by atoms with Crippen LogP contribution in [0.5, 0.6) is 0 Å². The first kappa shape index (κ1) is 21.3. The summed E-state index contributed by atoms with van der Waals surface area (Å²) in [6, 6.07) is 0. The summed E-state index contributed by atoms with van der Waals surface area (Å²) < 4.78 is 11.7. The molecule has 0 bridgehead atoms. The van der Waals surface area contributed by atoms with Crippen molar-refractivity contribution in [2.75, 3.05) is 13.1 Å². The van der Waals surface area contributed by atoms with Crippen molar-refractivity contribution in [3.63, 3.8) is 0 Å². The zero-order valence-electron chi connectivity index (χ0n) is 14.7. The van der Waals surface area contributed by atoms with Crippen LogP contribution < -0.4 is 10.6 Å². The van der Waals surface area contributed by atoms with Crippen LogP contribution in [-0.2, 0) is 22.8 Å². The molecule has 0 amide bonds. The molecule has 0 aromatic carbocycles. The van der Waals surface area contributed by atoms with Crippen LogP contribution in [0.2, 0.25) is 0 Å². The summed E-state index contributed by atoms with van der Waals surface area (Å²) in [5, 5.41) is 6.88. The third-order valence-corrected chi connectivity index (χ3v) is 4.43. The molecule has 0 aromatic rings. The molecule has 2 N–H and O–H groups in total. The van der Waals surface area contributed by atoms with Crippen molar-refractivity contribution in [2.45, 2.75) is 79.7 Å². The Bertz CT molecular complexity index is 210. The van der Waals surface area contributed by atoms with E-state index in [1.54, 1.807) is 0 Å². The van der Waals surface area contributed by atoms with E-state index in [0.29, 0.717) is 11.8 Å². The summed E-state index contributed by atoms with van der Waals surface area (Å²) in [7, 11) is 0. The minimum atomic E-state index is 0.0544. The molecule has 0 radical (unpaired) electrons. The molecular weight excluding hydrogens is 311 g/mol. The molecule has 5 heteroatoms. The zero-order chi connectivity index (χ0) is 16.1. The fourth-order valence-electron chi connectivity index (χ4n) is 1.69. The fraction of sp³-hybridized carbons (Fsp3) is 1.00. The van der Waals surface area contributed by atoms with Gasteiger partial charge in [-0.05, 0) is 0 Å². The first-order chi connectivity index (χ1) is 10.1. The van der Waals surface area contributed by atoms with E-state index in [4.69, 9.17) is 7.76 Å². The molecule has 0 heterocycles. The van der Waals surface area contributed by atoms with E-state index in [2.05, 4.69) is 52.2 Å². The maximum absolute atomic E-state index is 5.87. The van der Waals surface area contributed by atoms with Crippen molar-refractivity contribution in [3.8, 4) is 0 Å². The Labute approximate surface area is 138 Å². The quantitative estimate of drug-likeness (QED) is 0.372. The van der Waals surface area contributed by atoms with Gasteiger partial charge in [0.25, 0.3) is 0 Å². The predicted octanol–water partition coefficient (Wildman–Crippen LogP) is 3.68. The van der Waals surface area contributed by atoms with Crippen LogP contribution >= 0.6 is 0 Å². The van der Waals surface area contributed by atoms with Crippen LogP contribution in [0.1, 0.15) is 67.2 Å².